The summed E-state index contributed by atoms with van der Waals surface area (Å²) < 4.78 is 11.0. The first-order chi connectivity index (χ1) is 13.8. The van der Waals surface area contributed by atoms with E-state index >= 15 is 0 Å². The van der Waals surface area contributed by atoms with Gasteiger partial charge in [-0.1, -0.05) is 27.7 Å². The predicted molar refractivity (Wildman–Crippen MR) is 119 cm³/mol. The Morgan fingerprint density at radius 1 is 0.767 bits per heavy atom. The third-order valence-corrected chi connectivity index (χ3v) is 6.59. The minimum Gasteiger partial charge on any atom is -0.462 e. The lowest BCUT2D eigenvalue weighted by atomic mass is 9.78. The molecule has 0 spiro atoms. The molecular formula is C24H44N2O4. The summed E-state index contributed by atoms with van der Waals surface area (Å²) in [6.45, 7) is 17.5. The van der Waals surface area contributed by atoms with Crippen molar-refractivity contribution in [2.75, 3.05) is 13.2 Å². The van der Waals surface area contributed by atoms with Gasteiger partial charge in [-0.15, -0.1) is 0 Å². The minimum absolute atomic E-state index is 0.0852. The number of nitrogens with one attached hydrogen (secondary N) is 2. The van der Waals surface area contributed by atoms with Crippen LogP contribution in [0.2, 0.25) is 0 Å². The topological polar surface area (TPSA) is 76.7 Å². The molecule has 2 N–H and O–H groups in total. The quantitative estimate of drug-likeness (QED) is 0.480. The van der Waals surface area contributed by atoms with E-state index in [1.165, 1.54) is 0 Å². The van der Waals surface area contributed by atoms with Crippen LogP contribution in [0.5, 0.6) is 0 Å². The Morgan fingerprint density at radius 3 is 1.40 bits per heavy atom. The molecule has 2 heterocycles. The largest absolute Gasteiger partial charge is 0.462 e. The summed E-state index contributed by atoms with van der Waals surface area (Å²) in [6, 6.07) is 0.614. The second-order valence-electron chi connectivity index (χ2n) is 11.4. The van der Waals surface area contributed by atoms with Crippen LogP contribution in [-0.2, 0) is 19.1 Å². The first-order valence-electron chi connectivity index (χ1n) is 11.7. The summed E-state index contributed by atoms with van der Waals surface area (Å²) >= 11 is 0. The zero-order valence-electron chi connectivity index (χ0n) is 20.3. The maximum atomic E-state index is 12.6. The molecule has 174 valence electrons. The monoisotopic (exact) mass is 424 g/mol. The van der Waals surface area contributed by atoms with Crippen molar-refractivity contribution in [1.29, 1.82) is 0 Å². The molecule has 0 aromatic heterocycles. The molecule has 6 heteroatoms. The van der Waals surface area contributed by atoms with Gasteiger partial charge >= 0.3 is 11.9 Å². The summed E-state index contributed by atoms with van der Waals surface area (Å²) in [6.07, 6.45) is 3.10. The van der Waals surface area contributed by atoms with Gasteiger partial charge in [-0.05, 0) is 65.2 Å². The van der Waals surface area contributed by atoms with Gasteiger partial charge in [0.25, 0.3) is 0 Å². The molecule has 2 rings (SSSR count). The number of carbonyl (C=O) groups excluding carboxylic acids is 2. The summed E-state index contributed by atoms with van der Waals surface area (Å²) in [7, 11) is 0. The number of esters is 2. The van der Waals surface area contributed by atoms with Crippen molar-refractivity contribution < 1.29 is 19.1 Å². The maximum Gasteiger partial charge on any atom is 0.309 e. The summed E-state index contributed by atoms with van der Waals surface area (Å²) in [5, 5.41) is 7.26. The average Bonchev–Trinajstić information content (AvgIpc) is 2.62. The molecule has 0 saturated carbocycles. The number of hydrogen-bond donors (Lipinski definition) is 2. The third-order valence-electron chi connectivity index (χ3n) is 6.59. The van der Waals surface area contributed by atoms with E-state index in [1.807, 2.05) is 0 Å². The average molecular weight is 425 g/mol. The molecule has 2 aliphatic rings. The molecule has 0 amide bonds. The van der Waals surface area contributed by atoms with Crippen LogP contribution in [-0.4, -0.2) is 48.3 Å². The molecule has 0 radical (unpaired) electrons. The zero-order valence-corrected chi connectivity index (χ0v) is 20.3. The van der Waals surface area contributed by atoms with Crippen LogP contribution >= 0.6 is 0 Å². The Kier molecular flexibility index (Phi) is 8.36. The van der Waals surface area contributed by atoms with Crippen LogP contribution < -0.4 is 10.6 Å². The van der Waals surface area contributed by atoms with Crippen molar-refractivity contribution in [3.8, 4) is 0 Å². The van der Waals surface area contributed by atoms with Gasteiger partial charge in [0.2, 0.25) is 0 Å². The summed E-state index contributed by atoms with van der Waals surface area (Å²) in [5.74, 6) is 0.362. The molecule has 0 aromatic carbocycles. The lowest BCUT2D eigenvalue weighted by Crippen LogP contribution is -2.55. The van der Waals surface area contributed by atoms with E-state index in [1.54, 1.807) is 0 Å². The third kappa shape index (κ3) is 7.23. The highest BCUT2D eigenvalue weighted by atomic mass is 16.6. The van der Waals surface area contributed by atoms with Gasteiger partial charge in [-0.25, -0.2) is 0 Å². The Labute approximate surface area is 183 Å². The number of carbonyl (C=O) groups is 2. The highest BCUT2D eigenvalue weighted by Crippen LogP contribution is 2.32. The molecular weight excluding hydrogens is 380 g/mol. The fraction of sp³-hybridized carbons (Fsp3) is 0.917. The molecule has 0 aromatic rings. The zero-order chi connectivity index (χ0) is 22.7. The van der Waals surface area contributed by atoms with Crippen molar-refractivity contribution >= 4 is 11.9 Å². The minimum atomic E-state index is -0.172. The molecule has 0 bridgehead atoms. The van der Waals surface area contributed by atoms with Crippen LogP contribution in [0, 0.1) is 23.7 Å². The van der Waals surface area contributed by atoms with Crippen LogP contribution in [0.25, 0.3) is 0 Å². The van der Waals surface area contributed by atoms with Gasteiger partial charge in [-0.2, -0.15) is 0 Å². The van der Waals surface area contributed by atoms with Gasteiger partial charge in [0.1, 0.15) is 13.2 Å². The van der Waals surface area contributed by atoms with Gasteiger partial charge in [0, 0.05) is 23.2 Å². The SMILES string of the molecule is CC(C)C1CC(C(=O)OCCOC(=O)C2CC(C(C)C)NC(C)(C)C2)CC(C)(C)N1. The van der Waals surface area contributed by atoms with Crippen LogP contribution in [0.4, 0.5) is 0 Å². The standard InChI is InChI=1S/C24H44N2O4/c1-15(2)19-11-17(13-23(5,6)25-19)21(27)29-9-10-30-22(28)18-12-20(16(3)4)26-24(7,8)14-18/h15-20,25-26H,9-14H2,1-8H3. The van der Waals surface area contributed by atoms with Crippen molar-refractivity contribution in [2.45, 2.75) is 104 Å². The fourth-order valence-electron chi connectivity index (χ4n) is 5.01. The molecule has 6 nitrogen and oxygen atoms in total. The predicted octanol–water partition coefficient (Wildman–Crippen LogP) is 3.68. The fourth-order valence-corrected chi connectivity index (χ4v) is 5.01. The molecule has 2 aliphatic heterocycles. The van der Waals surface area contributed by atoms with E-state index in [9.17, 15) is 9.59 Å². The Balaban J connectivity index is 1.78. The smallest absolute Gasteiger partial charge is 0.309 e. The van der Waals surface area contributed by atoms with Crippen LogP contribution in [0.15, 0.2) is 0 Å². The lowest BCUT2D eigenvalue weighted by molar-refractivity contribution is -0.160. The molecule has 4 atom stereocenters. The van der Waals surface area contributed by atoms with Crippen molar-refractivity contribution in [2.24, 2.45) is 23.7 Å². The van der Waals surface area contributed by atoms with Gasteiger partial charge in [0.05, 0.1) is 11.8 Å². The van der Waals surface area contributed by atoms with Crippen LogP contribution in [0.1, 0.15) is 81.1 Å². The summed E-state index contributed by atoms with van der Waals surface area (Å²) in [4.78, 5) is 25.2. The first-order valence-corrected chi connectivity index (χ1v) is 11.7. The second-order valence-corrected chi connectivity index (χ2v) is 11.4. The first kappa shape index (κ1) is 25.1. The van der Waals surface area contributed by atoms with Gasteiger partial charge < -0.3 is 20.1 Å². The van der Waals surface area contributed by atoms with Gasteiger partial charge in [-0.3, -0.25) is 9.59 Å². The van der Waals surface area contributed by atoms with Crippen molar-refractivity contribution in [3.63, 3.8) is 0 Å². The molecule has 4 unspecified atom stereocenters. The second kappa shape index (κ2) is 9.99. The normalized spacial score (nSPS) is 30.9. The molecule has 0 aliphatic carbocycles. The Bertz CT molecular complexity index is 548. The number of ether oxygens (including phenoxy) is 2. The molecule has 2 saturated heterocycles. The van der Waals surface area contributed by atoms with Gasteiger partial charge in [0.15, 0.2) is 0 Å². The van der Waals surface area contributed by atoms with E-state index in [2.05, 4.69) is 66.0 Å². The van der Waals surface area contributed by atoms with Crippen LogP contribution in [0.3, 0.4) is 0 Å². The highest BCUT2D eigenvalue weighted by Gasteiger charge is 2.39. The van der Waals surface area contributed by atoms with Crippen molar-refractivity contribution in [1.82, 2.24) is 10.6 Å². The molecule has 30 heavy (non-hydrogen) atoms. The Morgan fingerprint density at radius 2 is 1.10 bits per heavy atom. The van der Waals surface area contributed by atoms with Crippen molar-refractivity contribution in [3.05, 3.63) is 0 Å². The lowest BCUT2D eigenvalue weighted by Gasteiger charge is -2.42. The van der Waals surface area contributed by atoms with E-state index in [-0.39, 0.29) is 48.1 Å². The van der Waals surface area contributed by atoms with E-state index in [0.29, 0.717) is 23.9 Å². The highest BCUT2D eigenvalue weighted by molar-refractivity contribution is 5.73. The Hall–Kier alpha value is -1.14. The summed E-state index contributed by atoms with van der Waals surface area (Å²) in [5.41, 5.74) is -0.170. The van der Waals surface area contributed by atoms with E-state index < -0.39 is 0 Å². The van der Waals surface area contributed by atoms with E-state index in [0.717, 1.165) is 25.7 Å². The maximum absolute atomic E-state index is 12.6. The van der Waals surface area contributed by atoms with E-state index in [4.69, 9.17) is 9.47 Å². The molecule has 2 fully saturated rings. The number of hydrogen-bond acceptors (Lipinski definition) is 6. The number of piperidine rings is 2. The number of rotatable bonds is 7.